The molecule has 1 aromatic carbocycles. The van der Waals surface area contributed by atoms with Crippen molar-refractivity contribution < 1.29 is 0 Å². The highest BCUT2D eigenvalue weighted by Gasteiger charge is 2.40. The van der Waals surface area contributed by atoms with Crippen LogP contribution in [0.2, 0.25) is 10.0 Å². The predicted octanol–water partition coefficient (Wildman–Crippen LogP) is 3.78. The number of hydrogen-bond acceptors (Lipinski definition) is 1. The molecule has 0 aliphatic carbocycles. The summed E-state index contributed by atoms with van der Waals surface area (Å²) in [4.78, 5) is 0. The summed E-state index contributed by atoms with van der Waals surface area (Å²) >= 11 is 12.2. The van der Waals surface area contributed by atoms with Crippen LogP contribution in [0, 0.1) is 11.3 Å². The quantitative estimate of drug-likeness (QED) is 0.869. The van der Waals surface area contributed by atoms with Crippen molar-refractivity contribution in [1.82, 2.24) is 5.32 Å². The first-order valence-electron chi connectivity index (χ1n) is 5.68. The lowest BCUT2D eigenvalue weighted by molar-refractivity contribution is 0.0995. The summed E-state index contributed by atoms with van der Waals surface area (Å²) in [6, 6.07) is 5.72. The van der Waals surface area contributed by atoms with E-state index in [1.807, 2.05) is 18.2 Å². The second-order valence-corrected chi connectivity index (χ2v) is 5.88. The predicted molar refractivity (Wildman–Crippen MR) is 70.3 cm³/mol. The molecule has 0 aromatic heterocycles. The first kappa shape index (κ1) is 12.2. The summed E-state index contributed by atoms with van der Waals surface area (Å²) in [7, 11) is 0. The highest BCUT2D eigenvalue weighted by atomic mass is 35.5. The molecule has 1 aliphatic rings. The van der Waals surface area contributed by atoms with E-state index in [9.17, 15) is 0 Å². The lowest BCUT2D eigenvalue weighted by Gasteiger charge is -2.46. The van der Waals surface area contributed by atoms with Crippen molar-refractivity contribution in [1.29, 1.82) is 0 Å². The van der Waals surface area contributed by atoms with Gasteiger partial charge in [-0.15, -0.1) is 0 Å². The van der Waals surface area contributed by atoms with E-state index in [4.69, 9.17) is 23.2 Å². The van der Waals surface area contributed by atoms with Gasteiger partial charge in [0.25, 0.3) is 0 Å². The topological polar surface area (TPSA) is 12.0 Å². The number of halogens is 2. The van der Waals surface area contributed by atoms with Crippen LogP contribution in [0.15, 0.2) is 18.2 Å². The van der Waals surface area contributed by atoms with Crippen LogP contribution in [0.4, 0.5) is 0 Å². The summed E-state index contributed by atoms with van der Waals surface area (Å²) in [5.74, 6) is 0.656. The SMILES string of the molecule is CC(C)C1(Cc2cc(Cl)ccc2Cl)CNC1. The van der Waals surface area contributed by atoms with E-state index in [1.165, 1.54) is 5.56 Å². The first-order chi connectivity index (χ1) is 7.53. The normalized spacial score (nSPS) is 18.6. The fraction of sp³-hybridized carbons (Fsp3) is 0.538. The minimum absolute atomic E-state index is 0.355. The molecule has 1 aliphatic heterocycles. The van der Waals surface area contributed by atoms with Gasteiger partial charge in [-0.05, 0) is 36.1 Å². The molecule has 0 saturated carbocycles. The highest BCUT2D eigenvalue weighted by Crippen LogP contribution is 2.37. The summed E-state index contributed by atoms with van der Waals surface area (Å²) < 4.78 is 0. The van der Waals surface area contributed by atoms with Crippen molar-refractivity contribution in [3.8, 4) is 0 Å². The molecule has 3 heteroatoms. The lowest BCUT2D eigenvalue weighted by atomic mass is 9.68. The first-order valence-corrected chi connectivity index (χ1v) is 6.44. The van der Waals surface area contributed by atoms with E-state index in [1.54, 1.807) is 0 Å². The van der Waals surface area contributed by atoms with Gasteiger partial charge in [0.1, 0.15) is 0 Å². The zero-order valence-corrected chi connectivity index (χ0v) is 11.2. The lowest BCUT2D eigenvalue weighted by Crippen LogP contribution is -2.57. The molecule has 1 heterocycles. The van der Waals surface area contributed by atoms with Gasteiger partial charge in [0.15, 0.2) is 0 Å². The monoisotopic (exact) mass is 257 g/mol. The molecule has 1 aromatic rings. The number of nitrogens with one attached hydrogen (secondary N) is 1. The van der Waals surface area contributed by atoms with Crippen LogP contribution >= 0.6 is 23.2 Å². The summed E-state index contributed by atoms with van der Waals surface area (Å²) in [6.07, 6.45) is 1.01. The molecule has 1 N–H and O–H groups in total. The molecule has 1 fully saturated rings. The van der Waals surface area contributed by atoms with Crippen molar-refractivity contribution in [3.05, 3.63) is 33.8 Å². The average molecular weight is 258 g/mol. The average Bonchev–Trinajstić information content (AvgIpc) is 2.16. The van der Waals surface area contributed by atoms with Crippen LogP contribution in [-0.4, -0.2) is 13.1 Å². The molecule has 1 nitrogen and oxygen atoms in total. The maximum absolute atomic E-state index is 6.21. The minimum atomic E-state index is 0.355. The molecule has 2 rings (SSSR count). The zero-order valence-electron chi connectivity index (χ0n) is 9.69. The van der Waals surface area contributed by atoms with E-state index >= 15 is 0 Å². The zero-order chi connectivity index (χ0) is 11.8. The van der Waals surface area contributed by atoms with Gasteiger partial charge in [0.05, 0.1) is 0 Å². The van der Waals surface area contributed by atoms with Crippen molar-refractivity contribution in [2.75, 3.05) is 13.1 Å². The van der Waals surface area contributed by atoms with Crippen molar-refractivity contribution in [2.24, 2.45) is 11.3 Å². The Morgan fingerprint density at radius 3 is 2.50 bits per heavy atom. The van der Waals surface area contributed by atoms with Gasteiger partial charge in [-0.2, -0.15) is 0 Å². The maximum Gasteiger partial charge on any atom is 0.0439 e. The standard InChI is InChI=1S/C13H17Cl2N/c1-9(2)13(7-16-8-13)6-10-5-11(14)3-4-12(10)15/h3-5,9,16H,6-8H2,1-2H3. The number of hydrogen-bond donors (Lipinski definition) is 1. The molecule has 0 amide bonds. The van der Waals surface area contributed by atoms with Crippen LogP contribution in [0.3, 0.4) is 0 Å². The molecule has 0 radical (unpaired) electrons. The third kappa shape index (κ3) is 2.22. The van der Waals surface area contributed by atoms with Gasteiger partial charge in [0, 0.05) is 28.5 Å². The van der Waals surface area contributed by atoms with Crippen LogP contribution in [-0.2, 0) is 6.42 Å². The minimum Gasteiger partial charge on any atom is -0.315 e. The van der Waals surface area contributed by atoms with Gasteiger partial charge < -0.3 is 5.32 Å². The number of benzene rings is 1. The summed E-state index contributed by atoms with van der Waals surface area (Å²) in [6.45, 7) is 6.71. The Morgan fingerprint density at radius 2 is 2.00 bits per heavy atom. The van der Waals surface area contributed by atoms with E-state index in [-0.39, 0.29) is 0 Å². The molecule has 1 saturated heterocycles. The summed E-state index contributed by atoms with van der Waals surface area (Å²) in [5.41, 5.74) is 1.53. The van der Waals surface area contributed by atoms with Gasteiger partial charge >= 0.3 is 0 Å². The molecular weight excluding hydrogens is 241 g/mol. The van der Waals surface area contributed by atoms with Gasteiger partial charge in [-0.25, -0.2) is 0 Å². The van der Waals surface area contributed by atoms with Gasteiger partial charge in [-0.3, -0.25) is 0 Å². The third-order valence-corrected chi connectivity index (χ3v) is 4.33. The number of rotatable bonds is 3. The molecular formula is C13H17Cl2N. The van der Waals surface area contributed by atoms with Gasteiger partial charge in [-0.1, -0.05) is 37.0 Å². The van der Waals surface area contributed by atoms with Crippen molar-refractivity contribution >= 4 is 23.2 Å². The Labute approximate surface area is 107 Å². The van der Waals surface area contributed by atoms with Crippen molar-refractivity contribution in [2.45, 2.75) is 20.3 Å². The smallest absolute Gasteiger partial charge is 0.0439 e. The van der Waals surface area contributed by atoms with E-state index in [0.29, 0.717) is 11.3 Å². The molecule has 0 unspecified atom stereocenters. The highest BCUT2D eigenvalue weighted by molar-refractivity contribution is 6.33. The van der Waals surface area contributed by atoms with Crippen LogP contribution in [0.1, 0.15) is 19.4 Å². The summed E-state index contributed by atoms with van der Waals surface area (Å²) in [5, 5.41) is 4.96. The van der Waals surface area contributed by atoms with Crippen LogP contribution < -0.4 is 5.32 Å². The van der Waals surface area contributed by atoms with Crippen LogP contribution in [0.25, 0.3) is 0 Å². The van der Waals surface area contributed by atoms with Gasteiger partial charge in [0.2, 0.25) is 0 Å². The second kappa shape index (κ2) is 4.56. The molecule has 0 spiro atoms. The van der Waals surface area contributed by atoms with E-state index in [2.05, 4.69) is 19.2 Å². The van der Waals surface area contributed by atoms with Crippen LogP contribution in [0.5, 0.6) is 0 Å². The Kier molecular flexibility index (Phi) is 3.48. The van der Waals surface area contributed by atoms with E-state index in [0.717, 1.165) is 29.6 Å². The Bertz CT molecular complexity index is 384. The van der Waals surface area contributed by atoms with Crippen molar-refractivity contribution in [3.63, 3.8) is 0 Å². The Balaban J connectivity index is 2.22. The van der Waals surface area contributed by atoms with E-state index < -0.39 is 0 Å². The Morgan fingerprint density at radius 1 is 1.31 bits per heavy atom. The fourth-order valence-corrected chi connectivity index (χ4v) is 2.62. The largest absolute Gasteiger partial charge is 0.315 e. The Hall–Kier alpha value is -0.240. The third-order valence-electron chi connectivity index (χ3n) is 3.73. The molecule has 88 valence electrons. The fourth-order valence-electron chi connectivity index (χ4n) is 2.24. The molecule has 16 heavy (non-hydrogen) atoms. The second-order valence-electron chi connectivity index (χ2n) is 5.03. The molecule has 0 atom stereocenters. The molecule has 0 bridgehead atoms. The maximum atomic E-state index is 6.21.